The van der Waals surface area contributed by atoms with E-state index in [-0.39, 0.29) is 11.8 Å². The average Bonchev–Trinajstić information content (AvgIpc) is 2.40. The Balaban J connectivity index is 1.85. The lowest BCUT2D eigenvalue weighted by Gasteiger charge is -2.41. The van der Waals surface area contributed by atoms with E-state index in [4.69, 9.17) is 4.74 Å². The molecule has 19 heavy (non-hydrogen) atoms. The Kier molecular flexibility index (Phi) is 3.42. The number of Topliss-reactive ketones (excluding diaryl/α,β-unsaturated/α-hetero) is 1. The second-order valence-corrected chi connectivity index (χ2v) is 5.26. The van der Waals surface area contributed by atoms with E-state index in [9.17, 15) is 4.79 Å². The lowest BCUT2D eigenvalue weighted by molar-refractivity contribution is -0.129. The van der Waals surface area contributed by atoms with Gasteiger partial charge in [0, 0.05) is 38.0 Å². The lowest BCUT2D eigenvalue weighted by atomic mass is 9.84. The Morgan fingerprint density at radius 1 is 1.26 bits per heavy atom. The van der Waals surface area contributed by atoms with Crippen LogP contribution in [0.4, 0.5) is 5.69 Å². The molecule has 2 saturated heterocycles. The number of para-hydroxylation sites is 2. The van der Waals surface area contributed by atoms with E-state index >= 15 is 0 Å². The highest BCUT2D eigenvalue weighted by Gasteiger charge is 2.38. The highest BCUT2D eigenvalue weighted by Crippen LogP contribution is 2.32. The summed E-state index contributed by atoms with van der Waals surface area (Å²) in [5.74, 6) is 1.61. The molecule has 0 aliphatic carbocycles. The minimum Gasteiger partial charge on any atom is -0.492 e. The van der Waals surface area contributed by atoms with Gasteiger partial charge in [-0.05, 0) is 19.1 Å². The molecule has 2 unspecified atom stereocenters. The van der Waals surface area contributed by atoms with Crippen LogP contribution in [0.25, 0.3) is 0 Å². The van der Waals surface area contributed by atoms with E-state index in [0.29, 0.717) is 12.4 Å². The van der Waals surface area contributed by atoms with Crippen molar-refractivity contribution in [1.29, 1.82) is 0 Å². The number of benzene rings is 1. The monoisotopic (exact) mass is 260 g/mol. The Labute approximate surface area is 113 Å². The van der Waals surface area contributed by atoms with Crippen molar-refractivity contribution >= 4 is 11.5 Å². The summed E-state index contributed by atoms with van der Waals surface area (Å²) in [5.41, 5.74) is 1.12. The molecule has 2 aliphatic rings. The first kappa shape index (κ1) is 12.5. The molecule has 0 aromatic heterocycles. The molecule has 4 nitrogen and oxygen atoms in total. The molecule has 2 fully saturated rings. The van der Waals surface area contributed by atoms with Crippen molar-refractivity contribution in [2.45, 2.75) is 6.92 Å². The van der Waals surface area contributed by atoms with Crippen molar-refractivity contribution in [2.75, 3.05) is 37.7 Å². The van der Waals surface area contributed by atoms with E-state index in [1.807, 2.05) is 25.1 Å². The zero-order valence-electron chi connectivity index (χ0n) is 11.3. The second-order valence-electron chi connectivity index (χ2n) is 5.26. The van der Waals surface area contributed by atoms with Gasteiger partial charge in [-0.3, -0.25) is 4.79 Å². The zero-order chi connectivity index (χ0) is 13.2. The van der Waals surface area contributed by atoms with E-state index in [2.05, 4.69) is 16.3 Å². The molecule has 1 aromatic carbocycles. The van der Waals surface area contributed by atoms with Crippen LogP contribution >= 0.6 is 0 Å². The standard InChI is InChI=1S/C15H20N2O2/c1-2-19-14-6-4-3-5-13(14)17-9-11-7-16-8-12(10-17)15(11)18/h3-6,11-12,16H,2,7-10H2,1H3. The number of anilines is 1. The Bertz CT molecular complexity index is 459. The third-order valence-electron chi connectivity index (χ3n) is 3.97. The first-order chi connectivity index (χ1) is 9.29. The first-order valence-electron chi connectivity index (χ1n) is 7.00. The number of piperidine rings is 2. The fourth-order valence-electron chi connectivity index (χ4n) is 3.07. The molecule has 0 amide bonds. The summed E-state index contributed by atoms with van der Waals surface area (Å²) in [6.07, 6.45) is 0. The van der Waals surface area contributed by atoms with Crippen molar-refractivity contribution in [3.63, 3.8) is 0 Å². The minimum atomic E-state index is 0.127. The van der Waals surface area contributed by atoms with Crippen LogP contribution in [0.1, 0.15) is 6.92 Å². The number of ketones is 1. The van der Waals surface area contributed by atoms with Gasteiger partial charge >= 0.3 is 0 Å². The van der Waals surface area contributed by atoms with Crippen LogP contribution in [-0.2, 0) is 4.79 Å². The largest absolute Gasteiger partial charge is 0.492 e. The molecule has 102 valence electrons. The first-order valence-corrected chi connectivity index (χ1v) is 7.00. The normalized spacial score (nSPS) is 26.4. The fourth-order valence-corrected chi connectivity index (χ4v) is 3.07. The van der Waals surface area contributed by atoms with Crippen molar-refractivity contribution < 1.29 is 9.53 Å². The van der Waals surface area contributed by atoms with E-state index in [1.54, 1.807) is 0 Å². The Morgan fingerprint density at radius 3 is 2.63 bits per heavy atom. The van der Waals surface area contributed by atoms with Crippen LogP contribution < -0.4 is 15.0 Å². The van der Waals surface area contributed by atoms with Gasteiger partial charge in [0.15, 0.2) is 0 Å². The summed E-state index contributed by atoms with van der Waals surface area (Å²) >= 11 is 0. The quantitative estimate of drug-likeness (QED) is 0.889. The van der Waals surface area contributed by atoms with Gasteiger partial charge < -0.3 is 15.0 Å². The van der Waals surface area contributed by atoms with Gasteiger partial charge in [0.25, 0.3) is 0 Å². The molecule has 1 aromatic rings. The van der Waals surface area contributed by atoms with Crippen LogP contribution in [-0.4, -0.2) is 38.6 Å². The lowest BCUT2D eigenvalue weighted by Crippen LogP contribution is -2.57. The SMILES string of the molecule is CCOc1ccccc1N1CC2CNCC(C1)C2=O. The summed E-state index contributed by atoms with van der Waals surface area (Å²) in [4.78, 5) is 14.4. The topological polar surface area (TPSA) is 41.6 Å². The molecule has 0 radical (unpaired) electrons. The second kappa shape index (κ2) is 5.21. The van der Waals surface area contributed by atoms with Gasteiger partial charge in [0.1, 0.15) is 11.5 Å². The molecule has 2 bridgehead atoms. The van der Waals surface area contributed by atoms with Crippen molar-refractivity contribution in [1.82, 2.24) is 5.32 Å². The number of carbonyl (C=O) groups is 1. The third kappa shape index (κ3) is 2.32. The summed E-state index contributed by atoms with van der Waals surface area (Å²) in [7, 11) is 0. The molecule has 3 rings (SSSR count). The highest BCUT2D eigenvalue weighted by atomic mass is 16.5. The number of nitrogens with one attached hydrogen (secondary N) is 1. The maximum atomic E-state index is 12.1. The van der Waals surface area contributed by atoms with Crippen LogP contribution in [0, 0.1) is 11.8 Å². The predicted molar refractivity (Wildman–Crippen MR) is 74.7 cm³/mol. The van der Waals surface area contributed by atoms with Gasteiger partial charge in [-0.1, -0.05) is 12.1 Å². The number of ether oxygens (including phenoxy) is 1. The molecule has 1 N–H and O–H groups in total. The number of hydrogen-bond donors (Lipinski definition) is 1. The number of hydrogen-bond acceptors (Lipinski definition) is 4. The van der Waals surface area contributed by atoms with Gasteiger partial charge in [-0.15, -0.1) is 0 Å². The highest BCUT2D eigenvalue weighted by molar-refractivity contribution is 5.87. The average molecular weight is 260 g/mol. The van der Waals surface area contributed by atoms with E-state index in [1.165, 1.54) is 0 Å². The Hall–Kier alpha value is -1.55. The molecular formula is C15H20N2O2. The maximum Gasteiger partial charge on any atom is 0.145 e. The van der Waals surface area contributed by atoms with Crippen molar-refractivity contribution in [3.8, 4) is 5.75 Å². The maximum absolute atomic E-state index is 12.1. The van der Waals surface area contributed by atoms with Gasteiger partial charge in [0.05, 0.1) is 12.3 Å². The fraction of sp³-hybridized carbons (Fsp3) is 0.533. The number of nitrogens with zero attached hydrogens (tertiary/aromatic N) is 1. The van der Waals surface area contributed by atoms with Crippen molar-refractivity contribution in [2.24, 2.45) is 11.8 Å². The van der Waals surface area contributed by atoms with Crippen molar-refractivity contribution in [3.05, 3.63) is 24.3 Å². The summed E-state index contributed by atoms with van der Waals surface area (Å²) in [6, 6.07) is 8.11. The van der Waals surface area contributed by atoms with Crippen LogP contribution in [0.2, 0.25) is 0 Å². The number of fused-ring (bicyclic) bond motifs is 2. The summed E-state index contributed by atoms with van der Waals surface area (Å²) < 4.78 is 5.70. The zero-order valence-corrected chi connectivity index (χ0v) is 11.3. The molecule has 2 atom stereocenters. The predicted octanol–water partition coefficient (Wildman–Crippen LogP) is 1.31. The van der Waals surface area contributed by atoms with Gasteiger partial charge in [0.2, 0.25) is 0 Å². The van der Waals surface area contributed by atoms with Crippen LogP contribution in [0.15, 0.2) is 24.3 Å². The molecule has 2 aliphatic heterocycles. The van der Waals surface area contributed by atoms with Crippen LogP contribution in [0.5, 0.6) is 5.75 Å². The van der Waals surface area contributed by atoms with Gasteiger partial charge in [-0.25, -0.2) is 0 Å². The summed E-state index contributed by atoms with van der Waals surface area (Å²) in [6.45, 7) is 5.87. The Morgan fingerprint density at radius 2 is 1.95 bits per heavy atom. The number of carbonyl (C=O) groups excluding carboxylic acids is 1. The van der Waals surface area contributed by atoms with Crippen LogP contribution in [0.3, 0.4) is 0 Å². The molecular weight excluding hydrogens is 240 g/mol. The summed E-state index contributed by atoms with van der Waals surface area (Å²) in [5, 5.41) is 3.35. The molecule has 4 heteroatoms. The molecule has 2 heterocycles. The van der Waals surface area contributed by atoms with Gasteiger partial charge in [-0.2, -0.15) is 0 Å². The molecule has 0 spiro atoms. The smallest absolute Gasteiger partial charge is 0.145 e. The van der Waals surface area contributed by atoms with E-state index in [0.717, 1.165) is 37.6 Å². The number of rotatable bonds is 3. The minimum absolute atomic E-state index is 0.127. The molecule has 0 saturated carbocycles. The van der Waals surface area contributed by atoms with E-state index < -0.39 is 0 Å². The third-order valence-corrected chi connectivity index (χ3v) is 3.97.